The number of aromatic hydroxyl groups is 1. The highest BCUT2D eigenvalue weighted by Crippen LogP contribution is 2.27. The summed E-state index contributed by atoms with van der Waals surface area (Å²) in [6, 6.07) is 4.47. The van der Waals surface area contributed by atoms with Crippen LogP contribution >= 0.6 is 0 Å². The van der Waals surface area contributed by atoms with Crippen molar-refractivity contribution < 1.29 is 35.0 Å². The van der Waals surface area contributed by atoms with E-state index in [0.717, 1.165) is 5.56 Å². The van der Waals surface area contributed by atoms with E-state index in [9.17, 15) is 20.4 Å². The average Bonchev–Trinajstić information content (AvgIpc) is 2.38. The number of aliphatic hydroxyl groups excluding tert-OH is 4. The lowest BCUT2D eigenvalue weighted by Gasteiger charge is -2.39. The first-order valence-corrected chi connectivity index (χ1v) is 6.20. The van der Waals surface area contributed by atoms with Gasteiger partial charge in [0.15, 0.2) is 0 Å². The molecule has 0 aliphatic carbocycles. The summed E-state index contributed by atoms with van der Waals surface area (Å²) in [6.07, 6.45) is -6.69. The molecule has 1 aromatic carbocycles. The summed E-state index contributed by atoms with van der Waals surface area (Å²) in [7, 11) is 0. The summed E-state index contributed by atoms with van der Waals surface area (Å²) >= 11 is 0. The van der Waals surface area contributed by atoms with E-state index in [1.807, 2.05) is 0 Å². The SMILES string of the molecule is Cc1cc(O)cc(OC2O[C@H](CO)[C@@H](O)[C@H](O)[C@H]2O)c1. The van der Waals surface area contributed by atoms with E-state index in [-0.39, 0.29) is 11.5 Å². The molecule has 112 valence electrons. The van der Waals surface area contributed by atoms with Gasteiger partial charge in [-0.25, -0.2) is 0 Å². The van der Waals surface area contributed by atoms with Crippen molar-refractivity contribution in [2.24, 2.45) is 0 Å². The second-order valence-electron chi connectivity index (χ2n) is 4.82. The normalized spacial score (nSPS) is 34.0. The van der Waals surface area contributed by atoms with Crippen molar-refractivity contribution in [3.05, 3.63) is 23.8 Å². The number of aryl methyl sites for hydroxylation is 1. The van der Waals surface area contributed by atoms with Crippen LogP contribution < -0.4 is 4.74 Å². The smallest absolute Gasteiger partial charge is 0.229 e. The summed E-state index contributed by atoms with van der Waals surface area (Å²) in [4.78, 5) is 0. The molecule has 1 aromatic rings. The van der Waals surface area contributed by atoms with Gasteiger partial charge in [0.2, 0.25) is 6.29 Å². The van der Waals surface area contributed by atoms with Crippen molar-refractivity contribution in [1.29, 1.82) is 0 Å². The third-order valence-corrected chi connectivity index (χ3v) is 3.14. The molecule has 0 amide bonds. The van der Waals surface area contributed by atoms with Crippen LogP contribution in [0.4, 0.5) is 0 Å². The molecule has 1 aliphatic rings. The molecule has 1 saturated heterocycles. The molecule has 0 aromatic heterocycles. The van der Waals surface area contributed by atoms with E-state index in [1.165, 1.54) is 12.1 Å². The van der Waals surface area contributed by atoms with Crippen molar-refractivity contribution >= 4 is 0 Å². The molecule has 0 radical (unpaired) electrons. The molecule has 1 aliphatic heterocycles. The number of phenols is 1. The molecular formula is C13H18O7. The molecular weight excluding hydrogens is 268 g/mol. The molecule has 1 heterocycles. The minimum Gasteiger partial charge on any atom is -0.508 e. The Balaban J connectivity index is 2.15. The van der Waals surface area contributed by atoms with Crippen LogP contribution in [0.3, 0.4) is 0 Å². The number of benzene rings is 1. The molecule has 1 fully saturated rings. The lowest BCUT2D eigenvalue weighted by molar-refractivity contribution is -0.277. The average molecular weight is 286 g/mol. The fourth-order valence-corrected chi connectivity index (χ4v) is 2.10. The molecule has 7 heteroatoms. The minimum absolute atomic E-state index is 0.00964. The molecule has 0 saturated carbocycles. The maximum atomic E-state index is 9.82. The third kappa shape index (κ3) is 3.02. The van der Waals surface area contributed by atoms with Gasteiger partial charge in [0, 0.05) is 6.07 Å². The standard InChI is InChI=1S/C13H18O7/c1-6-2-7(15)4-8(3-6)19-13-12(18)11(17)10(16)9(5-14)20-13/h2-4,9-18H,5H2,1H3/t9-,10-,11+,12-,13?/m1/s1. The number of hydrogen-bond acceptors (Lipinski definition) is 7. The summed E-state index contributed by atoms with van der Waals surface area (Å²) in [5, 5.41) is 47.6. The summed E-state index contributed by atoms with van der Waals surface area (Å²) in [6.45, 7) is 1.23. The molecule has 1 unspecified atom stereocenters. The Morgan fingerprint density at radius 1 is 1.10 bits per heavy atom. The van der Waals surface area contributed by atoms with Gasteiger partial charge < -0.3 is 35.0 Å². The maximum Gasteiger partial charge on any atom is 0.229 e. The van der Waals surface area contributed by atoms with Crippen LogP contribution in [0.5, 0.6) is 11.5 Å². The van der Waals surface area contributed by atoms with Crippen molar-refractivity contribution in [1.82, 2.24) is 0 Å². The monoisotopic (exact) mass is 286 g/mol. The summed E-state index contributed by atoms with van der Waals surface area (Å²) in [5.41, 5.74) is 0.740. The van der Waals surface area contributed by atoms with Gasteiger partial charge in [-0.3, -0.25) is 0 Å². The molecule has 0 bridgehead atoms. The second kappa shape index (κ2) is 5.94. The van der Waals surface area contributed by atoms with E-state index in [4.69, 9.17) is 14.6 Å². The maximum absolute atomic E-state index is 9.82. The van der Waals surface area contributed by atoms with Crippen LogP contribution in [-0.4, -0.2) is 62.8 Å². The lowest BCUT2D eigenvalue weighted by Crippen LogP contribution is -2.60. The number of rotatable bonds is 3. The number of ether oxygens (including phenoxy) is 2. The van der Waals surface area contributed by atoms with Gasteiger partial charge in [-0.2, -0.15) is 0 Å². The van der Waals surface area contributed by atoms with Crippen LogP contribution in [0.1, 0.15) is 5.56 Å². The van der Waals surface area contributed by atoms with Gasteiger partial charge >= 0.3 is 0 Å². The number of phenolic OH excluding ortho intramolecular Hbond substituents is 1. The fourth-order valence-electron chi connectivity index (χ4n) is 2.10. The van der Waals surface area contributed by atoms with Crippen molar-refractivity contribution in [2.45, 2.75) is 37.6 Å². The zero-order chi connectivity index (χ0) is 14.9. The molecule has 5 atom stereocenters. The highest BCUT2D eigenvalue weighted by Gasteiger charge is 2.44. The topological polar surface area (TPSA) is 120 Å². The Morgan fingerprint density at radius 3 is 2.40 bits per heavy atom. The van der Waals surface area contributed by atoms with Gasteiger partial charge in [0.25, 0.3) is 0 Å². The van der Waals surface area contributed by atoms with E-state index in [0.29, 0.717) is 0 Å². The fraction of sp³-hybridized carbons (Fsp3) is 0.538. The van der Waals surface area contributed by atoms with Crippen LogP contribution in [-0.2, 0) is 4.74 Å². The van der Waals surface area contributed by atoms with Crippen LogP contribution in [0.15, 0.2) is 18.2 Å². The van der Waals surface area contributed by atoms with Crippen molar-refractivity contribution in [3.63, 3.8) is 0 Å². The zero-order valence-corrected chi connectivity index (χ0v) is 10.9. The molecule has 7 nitrogen and oxygen atoms in total. The van der Waals surface area contributed by atoms with Gasteiger partial charge in [-0.05, 0) is 24.6 Å². The third-order valence-electron chi connectivity index (χ3n) is 3.14. The van der Waals surface area contributed by atoms with Crippen LogP contribution in [0.25, 0.3) is 0 Å². The van der Waals surface area contributed by atoms with Crippen molar-refractivity contribution in [3.8, 4) is 11.5 Å². The van der Waals surface area contributed by atoms with Gasteiger partial charge in [0.05, 0.1) is 6.61 Å². The van der Waals surface area contributed by atoms with Gasteiger partial charge in [-0.15, -0.1) is 0 Å². The molecule has 2 rings (SSSR count). The van der Waals surface area contributed by atoms with Crippen molar-refractivity contribution in [2.75, 3.05) is 6.61 Å². The van der Waals surface area contributed by atoms with Crippen LogP contribution in [0.2, 0.25) is 0 Å². The largest absolute Gasteiger partial charge is 0.508 e. The lowest BCUT2D eigenvalue weighted by atomic mass is 9.99. The van der Waals surface area contributed by atoms with Crippen LogP contribution in [0, 0.1) is 6.92 Å². The number of aliphatic hydroxyl groups is 4. The molecule has 0 spiro atoms. The second-order valence-corrected chi connectivity index (χ2v) is 4.82. The first-order chi connectivity index (χ1) is 9.42. The number of hydrogen-bond donors (Lipinski definition) is 5. The Labute approximate surface area is 115 Å². The van der Waals surface area contributed by atoms with E-state index >= 15 is 0 Å². The quantitative estimate of drug-likeness (QED) is 0.477. The van der Waals surface area contributed by atoms with E-state index < -0.39 is 37.3 Å². The minimum atomic E-state index is -1.50. The highest BCUT2D eigenvalue weighted by molar-refractivity contribution is 5.36. The van der Waals surface area contributed by atoms with E-state index in [2.05, 4.69) is 0 Å². The Morgan fingerprint density at radius 2 is 1.80 bits per heavy atom. The van der Waals surface area contributed by atoms with Gasteiger partial charge in [0.1, 0.15) is 35.9 Å². The summed E-state index contributed by atoms with van der Waals surface area (Å²) < 4.78 is 10.6. The predicted octanol–water partition coefficient (Wildman–Crippen LogP) is -1.12. The zero-order valence-electron chi connectivity index (χ0n) is 10.9. The van der Waals surface area contributed by atoms with E-state index in [1.54, 1.807) is 13.0 Å². The summed E-state index contributed by atoms with van der Waals surface area (Å²) in [5.74, 6) is 0.233. The highest BCUT2D eigenvalue weighted by atomic mass is 16.7. The predicted molar refractivity (Wildman–Crippen MR) is 67.2 cm³/mol. The molecule has 5 N–H and O–H groups in total. The first kappa shape index (κ1) is 15.0. The van der Waals surface area contributed by atoms with Gasteiger partial charge in [-0.1, -0.05) is 0 Å². The molecule has 20 heavy (non-hydrogen) atoms. The first-order valence-electron chi connectivity index (χ1n) is 6.20. The Bertz CT molecular complexity index is 442. The Kier molecular flexibility index (Phi) is 4.46. The Hall–Kier alpha value is -1.38.